The highest BCUT2D eigenvalue weighted by molar-refractivity contribution is 5.89. The lowest BCUT2D eigenvalue weighted by molar-refractivity contribution is -0.137. The average molecular weight is 460 g/mol. The van der Waals surface area contributed by atoms with Crippen LogP contribution in [0.25, 0.3) is 0 Å². The Hall–Kier alpha value is -2.53. The number of urea groups is 1. The number of nitrogens with one attached hydrogen (secondary N) is 2. The van der Waals surface area contributed by atoms with Crippen molar-refractivity contribution in [2.24, 2.45) is 0 Å². The van der Waals surface area contributed by atoms with Crippen molar-refractivity contribution in [1.29, 1.82) is 0 Å². The molecule has 2 rings (SSSR count). The predicted octanol–water partition coefficient (Wildman–Crippen LogP) is 3.13. The Labute approximate surface area is 185 Å². The van der Waals surface area contributed by atoms with E-state index in [4.69, 9.17) is 4.74 Å². The van der Waals surface area contributed by atoms with Crippen LogP contribution in [-0.4, -0.2) is 78.0 Å². The zero-order valence-electron chi connectivity index (χ0n) is 18.5. The first kappa shape index (κ1) is 25.7. The maximum absolute atomic E-state index is 12.8. The van der Waals surface area contributed by atoms with E-state index in [2.05, 4.69) is 10.6 Å². The first-order chi connectivity index (χ1) is 14.8. The number of aliphatic hydroxyl groups is 1. The average Bonchev–Trinajstić information content (AvgIpc) is 2.66. The topological polar surface area (TPSA) is 94.1 Å². The summed E-state index contributed by atoms with van der Waals surface area (Å²) in [6.07, 6.45) is -5.31. The van der Waals surface area contributed by atoms with E-state index in [0.29, 0.717) is 39.1 Å². The highest BCUT2D eigenvalue weighted by atomic mass is 19.4. The molecule has 0 radical (unpaired) electrons. The zero-order chi connectivity index (χ0) is 23.9. The molecule has 3 N–H and O–H groups in total. The number of alkyl carbamates (subject to hydrolysis) is 1. The van der Waals surface area contributed by atoms with E-state index >= 15 is 0 Å². The molecule has 1 unspecified atom stereocenters. The van der Waals surface area contributed by atoms with Gasteiger partial charge in [-0.15, -0.1) is 0 Å². The van der Waals surface area contributed by atoms with Gasteiger partial charge in [-0.2, -0.15) is 13.2 Å². The molecule has 0 aliphatic carbocycles. The lowest BCUT2D eigenvalue weighted by Gasteiger charge is -2.35. The van der Waals surface area contributed by atoms with Gasteiger partial charge < -0.3 is 25.4 Å². The molecular weight excluding hydrogens is 429 g/mol. The third-order valence-electron chi connectivity index (χ3n) is 4.72. The fourth-order valence-corrected chi connectivity index (χ4v) is 3.15. The standard InChI is InChI=1S/C21H31F3N4O4/c1-20(2,3)32-19(31)25-8-7-17(29)14-27-9-11-28(12-10-27)18(30)26-16-6-4-5-15(13-16)21(22,23)24/h4-6,13,17,29H,7-12,14H2,1-3H3,(H,25,31)(H,26,30). The number of anilines is 1. The molecule has 1 atom stereocenters. The van der Waals surface area contributed by atoms with Crippen molar-refractivity contribution >= 4 is 17.8 Å². The largest absolute Gasteiger partial charge is 0.444 e. The van der Waals surface area contributed by atoms with E-state index in [1.165, 1.54) is 17.0 Å². The summed E-state index contributed by atoms with van der Waals surface area (Å²) in [4.78, 5) is 27.5. The SMILES string of the molecule is CC(C)(C)OC(=O)NCCC(O)CN1CCN(C(=O)Nc2cccc(C(F)(F)F)c2)CC1. The van der Waals surface area contributed by atoms with E-state index < -0.39 is 35.6 Å². The Morgan fingerprint density at radius 1 is 1.16 bits per heavy atom. The first-order valence-electron chi connectivity index (χ1n) is 10.4. The highest BCUT2D eigenvalue weighted by Crippen LogP contribution is 2.30. The monoisotopic (exact) mass is 460 g/mol. The van der Waals surface area contributed by atoms with E-state index in [0.717, 1.165) is 12.1 Å². The molecule has 1 fully saturated rings. The van der Waals surface area contributed by atoms with E-state index in [-0.39, 0.29) is 12.2 Å². The molecule has 1 aliphatic rings. The number of alkyl halides is 3. The van der Waals surface area contributed by atoms with Crippen molar-refractivity contribution in [2.75, 3.05) is 44.6 Å². The molecule has 32 heavy (non-hydrogen) atoms. The summed E-state index contributed by atoms with van der Waals surface area (Å²) in [6.45, 7) is 7.76. The number of ether oxygens (including phenoxy) is 1. The van der Waals surface area contributed by atoms with Gasteiger partial charge in [0.25, 0.3) is 0 Å². The minimum Gasteiger partial charge on any atom is -0.444 e. The second kappa shape index (κ2) is 10.9. The van der Waals surface area contributed by atoms with Gasteiger partial charge in [0.05, 0.1) is 11.7 Å². The number of carbonyl (C=O) groups excluding carboxylic acids is 2. The Morgan fingerprint density at radius 3 is 2.41 bits per heavy atom. The molecule has 1 aromatic carbocycles. The van der Waals surface area contributed by atoms with Crippen molar-refractivity contribution in [3.05, 3.63) is 29.8 Å². The number of halogens is 3. The van der Waals surface area contributed by atoms with E-state index in [1.54, 1.807) is 20.8 Å². The quantitative estimate of drug-likeness (QED) is 0.607. The van der Waals surface area contributed by atoms with E-state index in [1.807, 2.05) is 4.90 Å². The van der Waals surface area contributed by atoms with Crippen molar-refractivity contribution < 1.29 is 32.6 Å². The van der Waals surface area contributed by atoms with Crippen molar-refractivity contribution in [3.8, 4) is 0 Å². The molecule has 1 aliphatic heterocycles. The number of rotatable bonds is 6. The number of amides is 3. The Kier molecular flexibility index (Phi) is 8.73. The number of nitrogens with zero attached hydrogens (tertiary/aromatic N) is 2. The van der Waals surface area contributed by atoms with Gasteiger partial charge in [0.15, 0.2) is 0 Å². The molecule has 0 saturated carbocycles. The Balaban J connectivity index is 1.70. The second-order valence-corrected chi connectivity index (χ2v) is 8.67. The number of carbonyl (C=O) groups is 2. The van der Waals surface area contributed by atoms with Gasteiger partial charge in [-0.05, 0) is 45.4 Å². The maximum Gasteiger partial charge on any atom is 0.416 e. The minimum atomic E-state index is -4.48. The summed E-state index contributed by atoms with van der Waals surface area (Å²) in [7, 11) is 0. The molecule has 0 aromatic heterocycles. The van der Waals surface area contributed by atoms with Gasteiger partial charge >= 0.3 is 18.3 Å². The first-order valence-corrected chi connectivity index (χ1v) is 10.4. The van der Waals surface area contributed by atoms with Gasteiger partial charge in [-0.3, -0.25) is 4.90 Å². The zero-order valence-corrected chi connectivity index (χ0v) is 18.5. The smallest absolute Gasteiger partial charge is 0.416 e. The second-order valence-electron chi connectivity index (χ2n) is 8.67. The molecule has 3 amide bonds. The molecular formula is C21H31F3N4O4. The molecule has 1 heterocycles. The van der Waals surface area contributed by atoms with E-state index in [9.17, 15) is 27.9 Å². The number of hydrogen-bond acceptors (Lipinski definition) is 5. The summed E-state index contributed by atoms with van der Waals surface area (Å²) in [5.41, 5.74) is -1.33. The van der Waals surface area contributed by atoms with Crippen LogP contribution in [0.15, 0.2) is 24.3 Å². The molecule has 0 spiro atoms. The molecule has 1 saturated heterocycles. The van der Waals surface area contributed by atoms with Crippen LogP contribution in [-0.2, 0) is 10.9 Å². The van der Waals surface area contributed by atoms with Crippen molar-refractivity contribution in [2.45, 2.75) is 45.1 Å². The number of benzene rings is 1. The van der Waals surface area contributed by atoms with Gasteiger partial charge in [0.2, 0.25) is 0 Å². The summed E-state index contributed by atoms with van der Waals surface area (Å²) in [6, 6.07) is 4.03. The lowest BCUT2D eigenvalue weighted by Crippen LogP contribution is -2.51. The van der Waals surface area contributed by atoms with Crippen LogP contribution in [0.1, 0.15) is 32.8 Å². The fraction of sp³-hybridized carbons (Fsp3) is 0.619. The fourth-order valence-electron chi connectivity index (χ4n) is 3.15. The van der Waals surface area contributed by atoms with Gasteiger partial charge in [-0.25, -0.2) is 9.59 Å². The number of β-amino-alcohol motifs (C(OH)–C–C–N with tert-alkyl or cyclic N) is 1. The normalized spacial score (nSPS) is 16.4. The Bertz CT molecular complexity index is 775. The summed E-state index contributed by atoms with van der Waals surface area (Å²) < 4.78 is 43.6. The summed E-state index contributed by atoms with van der Waals surface area (Å²) in [5.74, 6) is 0. The minimum absolute atomic E-state index is 0.0835. The highest BCUT2D eigenvalue weighted by Gasteiger charge is 2.31. The van der Waals surface area contributed by atoms with Crippen LogP contribution < -0.4 is 10.6 Å². The summed E-state index contributed by atoms with van der Waals surface area (Å²) >= 11 is 0. The molecule has 1 aromatic rings. The van der Waals surface area contributed by atoms with Crippen molar-refractivity contribution in [3.63, 3.8) is 0 Å². The third kappa shape index (κ3) is 8.91. The van der Waals surface area contributed by atoms with Crippen LogP contribution in [0.3, 0.4) is 0 Å². The molecule has 11 heteroatoms. The molecule has 180 valence electrons. The Morgan fingerprint density at radius 2 is 1.81 bits per heavy atom. The summed E-state index contributed by atoms with van der Waals surface area (Å²) in [5, 5.41) is 15.3. The number of piperazine rings is 1. The van der Waals surface area contributed by atoms with Crippen LogP contribution in [0.5, 0.6) is 0 Å². The van der Waals surface area contributed by atoms with Gasteiger partial charge in [-0.1, -0.05) is 6.07 Å². The van der Waals surface area contributed by atoms with Crippen molar-refractivity contribution in [1.82, 2.24) is 15.1 Å². The van der Waals surface area contributed by atoms with Crippen LogP contribution in [0.4, 0.5) is 28.4 Å². The third-order valence-corrected chi connectivity index (χ3v) is 4.72. The lowest BCUT2D eigenvalue weighted by atomic mass is 10.2. The molecule has 0 bridgehead atoms. The van der Waals surface area contributed by atoms with Crippen LogP contribution in [0, 0.1) is 0 Å². The number of aliphatic hydroxyl groups excluding tert-OH is 1. The van der Waals surface area contributed by atoms with Gasteiger partial charge in [0.1, 0.15) is 5.60 Å². The van der Waals surface area contributed by atoms with Gasteiger partial charge in [0, 0.05) is 45.0 Å². The number of hydrogen-bond donors (Lipinski definition) is 3. The maximum atomic E-state index is 12.8. The van der Waals surface area contributed by atoms with Crippen LogP contribution >= 0.6 is 0 Å². The predicted molar refractivity (Wildman–Crippen MR) is 113 cm³/mol. The molecule has 8 nitrogen and oxygen atoms in total. The van der Waals surface area contributed by atoms with Crippen LogP contribution in [0.2, 0.25) is 0 Å².